The van der Waals surface area contributed by atoms with Gasteiger partial charge in [-0.1, -0.05) is 12.1 Å². The van der Waals surface area contributed by atoms with E-state index >= 15 is 0 Å². The summed E-state index contributed by atoms with van der Waals surface area (Å²) in [6.07, 6.45) is 0.936. The summed E-state index contributed by atoms with van der Waals surface area (Å²) in [6, 6.07) is 13.4. The Balaban J connectivity index is 1.41. The summed E-state index contributed by atoms with van der Waals surface area (Å²) in [5.74, 6) is 1.49. The number of hydrogen-bond acceptors (Lipinski definition) is 4. The molecule has 1 aliphatic heterocycles. The number of aryl methyl sites for hydroxylation is 2. The maximum Gasteiger partial charge on any atom is 0.246 e. The van der Waals surface area contributed by atoms with Crippen LogP contribution in [0.1, 0.15) is 26.1 Å². The molecule has 134 valence electrons. The lowest BCUT2D eigenvalue weighted by atomic mass is 10.2. The predicted octanol–water partition coefficient (Wildman–Crippen LogP) is 3.65. The molecule has 26 heavy (non-hydrogen) atoms. The smallest absolute Gasteiger partial charge is 0.246 e. The third-order valence-electron chi connectivity index (χ3n) is 4.39. The van der Waals surface area contributed by atoms with E-state index < -0.39 is 5.79 Å². The maximum atomic E-state index is 12.3. The van der Waals surface area contributed by atoms with E-state index in [0.717, 1.165) is 16.9 Å². The third-order valence-corrected chi connectivity index (χ3v) is 4.39. The van der Waals surface area contributed by atoms with Crippen LogP contribution in [-0.2, 0) is 18.3 Å². The fourth-order valence-electron chi connectivity index (χ4n) is 3.17. The molecule has 0 radical (unpaired) electrons. The van der Waals surface area contributed by atoms with E-state index in [4.69, 9.17) is 9.47 Å². The van der Waals surface area contributed by atoms with Gasteiger partial charge in [0.15, 0.2) is 11.5 Å². The minimum atomic E-state index is -0.675. The molecule has 4 rings (SSSR count). The Morgan fingerprint density at radius 3 is 2.73 bits per heavy atom. The van der Waals surface area contributed by atoms with Crippen LogP contribution in [0.15, 0.2) is 42.5 Å². The number of rotatable bonds is 4. The van der Waals surface area contributed by atoms with Crippen molar-refractivity contribution >= 4 is 22.6 Å². The largest absolute Gasteiger partial charge is 0.449 e. The molecule has 0 saturated heterocycles. The van der Waals surface area contributed by atoms with Crippen molar-refractivity contribution in [2.24, 2.45) is 7.05 Å². The van der Waals surface area contributed by atoms with Gasteiger partial charge in [-0.2, -0.15) is 0 Å². The van der Waals surface area contributed by atoms with E-state index in [1.54, 1.807) is 6.07 Å². The highest BCUT2D eigenvalue weighted by Crippen LogP contribution is 2.40. The molecule has 0 spiro atoms. The number of carbonyl (C=O) groups is 1. The van der Waals surface area contributed by atoms with E-state index in [1.165, 1.54) is 0 Å². The highest BCUT2D eigenvalue weighted by molar-refractivity contribution is 5.91. The van der Waals surface area contributed by atoms with Crippen molar-refractivity contribution in [3.63, 3.8) is 0 Å². The molecule has 2 heterocycles. The summed E-state index contributed by atoms with van der Waals surface area (Å²) in [7, 11) is 1.97. The second-order valence-electron chi connectivity index (χ2n) is 6.89. The highest BCUT2D eigenvalue weighted by Gasteiger charge is 2.31. The summed E-state index contributed by atoms with van der Waals surface area (Å²) in [5.41, 5.74) is 2.71. The molecule has 2 aromatic carbocycles. The number of ether oxygens (including phenoxy) is 2. The fourth-order valence-corrected chi connectivity index (χ4v) is 3.17. The molecule has 0 bridgehead atoms. The quantitative estimate of drug-likeness (QED) is 0.779. The van der Waals surface area contributed by atoms with Crippen molar-refractivity contribution in [2.45, 2.75) is 32.5 Å². The molecule has 1 amide bonds. The van der Waals surface area contributed by atoms with Crippen LogP contribution in [-0.4, -0.2) is 21.2 Å². The Morgan fingerprint density at radius 2 is 1.92 bits per heavy atom. The Hall–Kier alpha value is -3.02. The third kappa shape index (κ3) is 3.10. The number of benzene rings is 2. The van der Waals surface area contributed by atoms with E-state index in [0.29, 0.717) is 30.0 Å². The van der Waals surface area contributed by atoms with E-state index in [2.05, 4.69) is 10.3 Å². The van der Waals surface area contributed by atoms with Gasteiger partial charge in [0.1, 0.15) is 5.82 Å². The molecule has 0 aliphatic carbocycles. The highest BCUT2D eigenvalue weighted by atomic mass is 16.7. The Bertz CT molecular complexity index is 991. The van der Waals surface area contributed by atoms with Gasteiger partial charge >= 0.3 is 0 Å². The molecular formula is C20H21N3O3. The van der Waals surface area contributed by atoms with Gasteiger partial charge in [0.05, 0.1) is 11.0 Å². The lowest BCUT2D eigenvalue weighted by molar-refractivity contribution is -0.116. The number of carbonyl (C=O) groups excluding carboxylic acids is 1. The van der Waals surface area contributed by atoms with Gasteiger partial charge in [0.25, 0.3) is 0 Å². The fraction of sp³-hybridized carbons (Fsp3) is 0.300. The van der Waals surface area contributed by atoms with Crippen LogP contribution in [0.3, 0.4) is 0 Å². The number of nitrogens with one attached hydrogen (secondary N) is 1. The number of hydrogen-bond donors (Lipinski definition) is 1. The van der Waals surface area contributed by atoms with Gasteiger partial charge in [-0.05, 0) is 24.3 Å². The molecule has 6 nitrogen and oxygen atoms in total. The van der Waals surface area contributed by atoms with Crippen LogP contribution in [0.2, 0.25) is 0 Å². The number of nitrogens with zero attached hydrogens (tertiary/aromatic N) is 2. The van der Waals surface area contributed by atoms with Crippen LogP contribution >= 0.6 is 0 Å². The average molecular weight is 351 g/mol. The first-order valence-electron chi connectivity index (χ1n) is 8.63. The summed E-state index contributed by atoms with van der Waals surface area (Å²) < 4.78 is 13.4. The van der Waals surface area contributed by atoms with Crippen molar-refractivity contribution < 1.29 is 14.3 Å². The van der Waals surface area contributed by atoms with Gasteiger partial charge in [0, 0.05) is 45.5 Å². The van der Waals surface area contributed by atoms with Crippen molar-refractivity contribution in [1.82, 2.24) is 9.55 Å². The average Bonchev–Trinajstić information content (AvgIpc) is 3.08. The zero-order valence-electron chi connectivity index (χ0n) is 15.1. The first-order valence-corrected chi connectivity index (χ1v) is 8.63. The Labute approximate surface area is 151 Å². The molecule has 1 aromatic heterocycles. The first kappa shape index (κ1) is 16.4. The number of amides is 1. The summed E-state index contributed by atoms with van der Waals surface area (Å²) in [4.78, 5) is 16.9. The van der Waals surface area contributed by atoms with Gasteiger partial charge in [-0.3, -0.25) is 4.79 Å². The molecule has 0 saturated carbocycles. The number of para-hydroxylation sites is 2. The second kappa shape index (κ2) is 6.05. The van der Waals surface area contributed by atoms with Crippen LogP contribution in [0.5, 0.6) is 11.5 Å². The lowest BCUT2D eigenvalue weighted by Gasteiger charge is -2.16. The van der Waals surface area contributed by atoms with Gasteiger partial charge in [-0.15, -0.1) is 0 Å². The predicted molar refractivity (Wildman–Crippen MR) is 99.4 cm³/mol. The molecule has 1 aliphatic rings. The van der Waals surface area contributed by atoms with Gasteiger partial charge in [0.2, 0.25) is 11.7 Å². The second-order valence-corrected chi connectivity index (χ2v) is 6.89. The number of imidazole rings is 1. The van der Waals surface area contributed by atoms with Crippen LogP contribution in [0, 0.1) is 0 Å². The van der Waals surface area contributed by atoms with E-state index in [9.17, 15) is 4.79 Å². The first-order chi connectivity index (χ1) is 12.4. The monoisotopic (exact) mass is 351 g/mol. The van der Waals surface area contributed by atoms with E-state index in [1.807, 2.05) is 61.9 Å². The zero-order chi connectivity index (χ0) is 18.3. The Kier molecular flexibility index (Phi) is 3.83. The summed E-state index contributed by atoms with van der Waals surface area (Å²) >= 11 is 0. The van der Waals surface area contributed by atoms with E-state index in [-0.39, 0.29) is 5.91 Å². The minimum absolute atomic E-state index is 0.0600. The topological polar surface area (TPSA) is 65.4 Å². The number of fused-ring (bicyclic) bond motifs is 2. The standard InChI is InChI=1S/C20H21N3O3/c1-20(2)25-16-9-8-13(12-17(16)26-20)21-19(24)11-10-18-22-14-6-4-5-7-15(14)23(18)3/h4-9,12H,10-11H2,1-3H3,(H,21,24). The van der Waals surface area contributed by atoms with Gasteiger partial charge < -0.3 is 19.4 Å². The SMILES string of the molecule is Cn1c(CCC(=O)Nc2ccc3c(c2)OC(C)(C)O3)nc2ccccc21. The van der Waals surface area contributed by atoms with Gasteiger partial charge in [-0.25, -0.2) is 4.98 Å². The van der Waals surface area contributed by atoms with Crippen LogP contribution < -0.4 is 14.8 Å². The molecule has 6 heteroatoms. The van der Waals surface area contributed by atoms with Crippen molar-refractivity contribution in [2.75, 3.05) is 5.32 Å². The molecule has 1 N–H and O–H groups in total. The molecule has 0 fully saturated rings. The molecule has 0 atom stereocenters. The molecule has 0 unspecified atom stereocenters. The Morgan fingerprint density at radius 1 is 1.15 bits per heavy atom. The van der Waals surface area contributed by atoms with Crippen LogP contribution in [0.25, 0.3) is 11.0 Å². The van der Waals surface area contributed by atoms with Crippen LogP contribution in [0.4, 0.5) is 5.69 Å². The normalized spacial score (nSPS) is 14.6. The zero-order valence-corrected chi connectivity index (χ0v) is 15.1. The maximum absolute atomic E-state index is 12.3. The van der Waals surface area contributed by atoms with Crippen molar-refractivity contribution in [3.05, 3.63) is 48.3 Å². The summed E-state index contributed by atoms with van der Waals surface area (Å²) in [5, 5.41) is 2.91. The lowest BCUT2D eigenvalue weighted by Crippen LogP contribution is -2.29. The molecular weight excluding hydrogens is 330 g/mol. The number of aromatic nitrogens is 2. The minimum Gasteiger partial charge on any atom is -0.449 e. The van der Waals surface area contributed by atoms with Crippen molar-refractivity contribution in [1.29, 1.82) is 0 Å². The van der Waals surface area contributed by atoms with Crippen molar-refractivity contribution in [3.8, 4) is 11.5 Å². The number of anilines is 1. The summed E-state index contributed by atoms with van der Waals surface area (Å²) in [6.45, 7) is 3.70. The molecule has 3 aromatic rings.